The predicted molar refractivity (Wildman–Crippen MR) is 133 cm³/mol. The number of ether oxygens (including phenoxy) is 4. The van der Waals surface area contributed by atoms with Crippen LogP contribution in [0.2, 0.25) is 0 Å². The highest BCUT2D eigenvalue weighted by Crippen LogP contribution is 2.31. The van der Waals surface area contributed by atoms with Gasteiger partial charge in [0.15, 0.2) is 0 Å². The van der Waals surface area contributed by atoms with E-state index < -0.39 is 0 Å². The summed E-state index contributed by atoms with van der Waals surface area (Å²) in [5.41, 5.74) is 4.53. The maximum atomic E-state index is 11.6. The topological polar surface area (TPSA) is 71.1 Å². The smallest absolute Gasteiger partial charge is 0.337 e. The fourth-order valence-electron chi connectivity index (χ4n) is 3.27. The molecule has 174 valence electrons. The van der Waals surface area contributed by atoms with E-state index in [0.29, 0.717) is 22.6 Å². The molecule has 0 unspecified atom stereocenters. The van der Waals surface area contributed by atoms with E-state index in [-0.39, 0.29) is 11.9 Å². The molecule has 0 N–H and O–H groups in total. The molecular formula is C28H26O6. The Morgan fingerprint density at radius 1 is 0.559 bits per heavy atom. The van der Waals surface area contributed by atoms with E-state index in [1.54, 1.807) is 38.5 Å². The number of benzene rings is 3. The molecule has 3 aromatic rings. The second-order valence-electron chi connectivity index (χ2n) is 7.23. The molecule has 0 aliphatic rings. The summed E-state index contributed by atoms with van der Waals surface area (Å²) < 4.78 is 20.6. The van der Waals surface area contributed by atoms with Crippen molar-refractivity contribution in [2.45, 2.75) is 0 Å². The van der Waals surface area contributed by atoms with E-state index in [9.17, 15) is 9.59 Å². The average molecular weight is 459 g/mol. The van der Waals surface area contributed by atoms with Crippen LogP contribution in [0.4, 0.5) is 0 Å². The Hall–Kier alpha value is -4.32. The Bertz CT molecular complexity index is 1110. The van der Waals surface area contributed by atoms with Gasteiger partial charge in [0.05, 0.1) is 39.6 Å². The zero-order valence-electron chi connectivity index (χ0n) is 19.5. The van der Waals surface area contributed by atoms with Gasteiger partial charge in [-0.1, -0.05) is 48.6 Å². The van der Waals surface area contributed by atoms with Crippen molar-refractivity contribution < 1.29 is 28.5 Å². The molecule has 3 rings (SSSR count). The van der Waals surface area contributed by atoms with Crippen LogP contribution in [0.3, 0.4) is 0 Å². The van der Waals surface area contributed by atoms with Gasteiger partial charge < -0.3 is 18.9 Å². The summed E-state index contributed by atoms with van der Waals surface area (Å²) in [6.45, 7) is 0. The van der Waals surface area contributed by atoms with E-state index in [0.717, 1.165) is 22.3 Å². The van der Waals surface area contributed by atoms with Crippen LogP contribution >= 0.6 is 0 Å². The molecular weight excluding hydrogens is 432 g/mol. The summed E-state index contributed by atoms with van der Waals surface area (Å²) in [6, 6.07) is 18.0. The first-order chi connectivity index (χ1) is 16.5. The van der Waals surface area contributed by atoms with Gasteiger partial charge in [-0.05, 0) is 47.5 Å². The third-order valence-electron chi connectivity index (χ3n) is 5.16. The maximum Gasteiger partial charge on any atom is 0.337 e. The summed E-state index contributed by atoms with van der Waals surface area (Å²) in [6.07, 6.45) is 7.70. The van der Waals surface area contributed by atoms with Gasteiger partial charge in [-0.3, -0.25) is 0 Å². The van der Waals surface area contributed by atoms with Gasteiger partial charge in [0.25, 0.3) is 0 Å². The van der Waals surface area contributed by atoms with E-state index in [2.05, 4.69) is 0 Å². The quantitative estimate of drug-likeness (QED) is 0.322. The summed E-state index contributed by atoms with van der Waals surface area (Å²) in [7, 11) is 5.94. The molecule has 0 aliphatic heterocycles. The lowest BCUT2D eigenvalue weighted by molar-refractivity contribution is 0.0592. The summed E-state index contributed by atoms with van der Waals surface area (Å²) in [4.78, 5) is 23.2. The molecule has 6 nitrogen and oxygen atoms in total. The van der Waals surface area contributed by atoms with Crippen LogP contribution in [0, 0.1) is 0 Å². The maximum absolute atomic E-state index is 11.6. The van der Waals surface area contributed by atoms with E-state index in [4.69, 9.17) is 18.9 Å². The van der Waals surface area contributed by atoms with Gasteiger partial charge in [-0.15, -0.1) is 0 Å². The molecule has 0 radical (unpaired) electrons. The highest BCUT2D eigenvalue weighted by molar-refractivity contribution is 5.90. The monoisotopic (exact) mass is 458 g/mol. The van der Waals surface area contributed by atoms with Crippen LogP contribution in [0.5, 0.6) is 11.5 Å². The second kappa shape index (κ2) is 11.5. The second-order valence-corrected chi connectivity index (χ2v) is 7.23. The SMILES string of the molecule is COC(=O)c1ccc(/C=C/c2cc(OC)c(/C=C/c3ccc(C(=O)OC)cc3)cc2OC)cc1. The Morgan fingerprint density at radius 2 is 0.912 bits per heavy atom. The predicted octanol–water partition coefficient (Wildman–Crippen LogP) is 5.62. The lowest BCUT2D eigenvalue weighted by Gasteiger charge is -2.11. The van der Waals surface area contributed by atoms with Crippen LogP contribution in [-0.4, -0.2) is 40.4 Å². The number of carbonyl (C=O) groups is 2. The minimum absolute atomic E-state index is 0.370. The minimum atomic E-state index is -0.370. The Kier molecular flexibility index (Phi) is 8.24. The normalized spacial score (nSPS) is 10.9. The highest BCUT2D eigenvalue weighted by atomic mass is 16.5. The van der Waals surface area contributed by atoms with Gasteiger partial charge >= 0.3 is 11.9 Å². The van der Waals surface area contributed by atoms with E-state index >= 15 is 0 Å². The molecule has 0 fully saturated rings. The van der Waals surface area contributed by atoms with Crippen molar-refractivity contribution in [1.82, 2.24) is 0 Å². The van der Waals surface area contributed by atoms with Crippen molar-refractivity contribution in [2.75, 3.05) is 28.4 Å². The molecule has 0 saturated heterocycles. The number of rotatable bonds is 8. The number of methoxy groups -OCH3 is 4. The molecule has 0 aromatic heterocycles. The number of hydrogen-bond acceptors (Lipinski definition) is 6. The Morgan fingerprint density at radius 3 is 1.21 bits per heavy atom. The molecule has 3 aromatic carbocycles. The number of carbonyl (C=O) groups excluding carboxylic acids is 2. The number of esters is 2. The molecule has 34 heavy (non-hydrogen) atoms. The first-order valence-corrected chi connectivity index (χ1v) is 10.5. The summed E-state index contributed by atoms with van der Waals surface area (Å²) >= 11 is 0. The van der Waals surface area contributed by atoms with Crippen molar-refractivity contribution in [3.05, 3.63) is 94.0 Å². The van der Waals surface area contributed by atoms with Crippen molar-refractivity contribution in [3.8, 4) is 11.5 Å². The first-order valence-electron chi connectivity index (χ1n) is 10.5. The van der Waals surface area contributed by atoms with Gasteiger partial charge in [0.2, 0.25) is 0 Å². The lowest BCUT2D eigenvalue weighted by Crippen LogP contribution is -2.00. The van der Waals surface area contributed by atoms with Crippen LogP contribution in [0.1, 0.15) is 43.0 Å². The van der Waals surface area contributed by atoms with E-state index in [1.165, 1.54) is 14.2 Å². The van der Waals surface area contributed by atoms with Crippen LogP contribution in [0.25, 0.3) is 24.3 Å². The third-order valence-corrected chi connectivity index (χ3v) is 5.16. The fourth-order valence-corrected chi connectivity index (χ4v) is 3.27. The third kappa shape index (κ3) is 5.92. The van der Waals surface area contributed by atoms with Crippen LogP contribution < -0.4 is 9.47 Å². The van der Waals surface area contributed by atoms with Gasteiger partial charge in [0.1, 0.15) is 11.5 Å². The van der Waals surface area contributed by atoms with Crippen molar-refractivity contribution in [1.29, 1.82) is 0 Å². The molecule has 0 aliphatic carbocycles. The van der Waals surface area contributed by atoms with Gasteiger partial charge in [-0.25, -0.2) is 9.59 Å². The number of hydrogen-bond donors (Lipinski definition) is 0. The summed E-state index contributed by atoms with van der Waals surface area (Å²) in [5.74, 6) is 0.628. The Balaban J connectivity index is 1.83. The average Bonchev–Trinajstić information content (AvgIpc) is 2.90. The molecule has 0 bridgehead atoms. The fraction of sp³-hybridized carbons (Fsp3) is 0.143. The zero-order chi connectivity index (χ0) is 24.5. The van der Waals surface area contributed by atoms with Crippen LogP contribution in [0.15, 0.2) is 60.7 Å². The standard InChI is InChI=1S/C28H26O6/c1-31-25-17-24(16-10-20-7-13-22(14-8-20)28(30)34-4)26(32-2)18-23(25)15-9-19-5-11-21(12-6-19)27(29)33-3/h5-18H,1-4H3/b15-9+,16-10+. The van der Waals surface area contributed by atoms with Crippen molar-refractivity contribution in [3.63, 3.8) is 0 Å². The van der Waals surface area contributed by atoms with Crippen molar-refractivity contribution in [2.24, 2.45) is 0 Å². The van der Waals surface area contributed by atoms with E-state index in [1.807, 2.05) is 60.7 Å². The van der Waals surface area contributed by atoms with Crippen molar-refractivity contribution >= 4 is 36.2 Å². The molecule has 0 amide bonds. The molecule has 0 saturated carbocycles. The highest BCUT2D eigenvalue weighted by Gasteiger charge is 2.09. The molecule has 0 atom stereocenters. The first kappa shape index (κ1) is 24.3. The zero-order valence-corrected chi connectivity index (χ0v) is 19.5. The molecule has 6 heteroatoms. The lowest BCUT2D eigenvalue weighted by atomic mass is 10.0. The summed E-state index contributed by atoms with van der Waals surface area (Å²) in [5, 5.41) is 0. The molecule has 0 heterocycles. The molecule has 0 spiro atoms. The van der Waals surface area contributed by atoms with Crippen LogP contribution in [-0.2, 0) is 9.47 Å². The minimum Gasteiger partial charge on any atom is -0.496 e. The largest absolute Gasteiger partial charge is 0.496 e. The van der Waals surface area contributed by atoms with Gasteiger partial charge in [0, 0.05) is 11.1 Å². The Labute approximate surface area is 199 Å². The van der Waals surface area contributed by atoms with Gasteiger partial charge in [-0.2, -0.15) is 0 Å².